The minimum atomic E-state index is -1.10. The maximum absolute atomic E-state index is 12.0. The van der Waals surface area contributed by atoms with E-state index in [4.69, 9.17) is 33.7 Å². The lowest BCUT2D eigenvalue weighted by molar-refractivity contribution is -0.121. The number of carbonyl (C=O) groups is 2. The summed E-state index contributed by atoms with van der Waals surface area (Å²) in [7, 11) is 0. The van der Waals surface area contributed by atoms with E-state index < -0.39 is 11.9 Å². The third-order valence-corrected chi connectivity index (χ3v) is 3.94. The van der Waals surface area contributed by atoms with E-state index in [2.05, 4.69) is 10.6 Å². The quantitative estimate of drug-likeness (QED) is 0.674. The van der Waals surface area contributed by atoms with Crippen molar-refractivity contribution in [1.29, 1.82) is 0 Å². The largest absolute Gasteiger partial charge is 0.483 e. The average Bonchev–Trinajstić information content (AvgIpc) is 2.55. The molecule has 0 radical (unpaired) electrons. The van der Waals surface area contributed by atoms with Crippen LogP contribution in [0.5, 0.6) is 5.75 Å². The molecule has 0 aliphatic rings. The van der Waals surface area contributed by atoms with Crippen molar-refractivity contribution in [2.45, 2.75) is 13.8 Å². The predicted octanol–water partition coefficient (Wildman–Crippen LogP) is 3.55. The summed E-state index contributed by atoms with van der Waals surface area (Å²) in [4.78, 5) is 23.0. The van der Waals surface area contributed by atoms with Crippen LogP contribution in [0.25, 0.3) is 0 Å². The maximum Gasteiger partial charge on any atom is 0.335 e. The van der Waals surface area contributed by atoms with Crippen molar-refractivity contribution in [3.8, 4) is 5.75 Å². The van der Waals surface area contributed by atoms with Crippen LogP contribution in [0.4, 0.5) is 5.69 Å². The number of amides is 1. The highest BCUT2D eigenvalue weighted by Crippen LogP contribution is 2.23. The maximum atomic E-state index is 12.0. The van der Waals surface area contributed by atoms with E-state index in [1.807, 2.05) is 26.0 Å². The highest BCUT2D eigenvalue weighted by atomic mass is 35.5. The van der Waals surface area contributed by atoms with Gasteiger partial charge in [0.25, 0.3) is 5.91 Å². The molecule has 0 spiro atoms. The number of carboxylic acids is 1. The van der Waals surface area contributed by atoms with Crippen LogP contribution in [0.1, 0.15) is 21.5 Å². The molecule has 3 N–H and O–H groups in total. The molecular formula is C18H17ClN2O4S. The number of rotatable bonds is 5. The Morgan fingerprint density at radius 1 is 1.19 bits per heavy atom. The molecule has 0 aromatic heterocycles. The number of aryl methyl sites for hydroxylation is 2. The number of nitrogens with one attached hydrogen (secondary N) is 2. The summed E-state index contributed by atoms with van der Waals surface area (Å²) in [6.07, 6.45) is 0. The fraction of sp³-hybridized carbons (Fsp3) is 0.167. The van der Waals surface area contributed by atoms with Crippen LogP contribution >= 0.6 is 23.8 Å². The van der Waals surface area contributed by atoms with Gasteiger partial charge >= 0.3 is 5.97 Å². The summed E-state index contributed by atoms with van der Waals surface area (Å²) in [5.74, 6) is -0.934. The number of carbonyl (C=O) groups excluding carboxylic acids is 1. The standard InChI is InChI=1S/C18H17ClN2O4S/c1-10-3-6-15(11(2)7-10)25-9-16(22)21-18(26)20-14-8-12(17(23)24)4-5-13(14)19/h3-8H,9H2,1-2H3,(H,23,24)(H2,20,21,22,26). The van der Waals surface area contributed by atoms with Gasteiger partial charge in [0.2, 0.25) is 0 Å². The molecule has 1 amide bonds. The van der Waals surface area contributed by atoms with Crippen LogP contribution in [0.2, 0.25) is 5.02 Å². The van der Waals surface area contributed by atoms with Crippen LogP contribution in [-0.2, 0) is 4.79 Å². The zero-order valence-corrected chi connectivity index (χ0v) is 15.7. The van der Waals surface area contributed by atoms with E-state index in [9.17, 15) is 9.59 Å². The third-order valence-electron chi connectivity index (χ3n) is 3.40. The number of ether oxygens (including phenoxy) is 1. The number of thiocarbonyl (C=S) groups is 1. The first-order chi connectivity index (χ1) is 12.3. The number of anilines is 1. The molecular weight excluding hydrogens is 376 g/mol. The Kier molecular flexibility index (Phi) is 6.54. The molecule has 0 fully saturated rings. The van der Waals surface area contributed by atoms with Gasteiger partial charge in [-0.25, -0.2) is 4.79 Å². The van der Waals surface area contributed by atoms with Crippen molar-refractivity contribution in [3.63, 3.8) is 0 Å². The lowest BCUT2D eigenvalue weighted by Gasteiger charge is -2.13. The number of hydrogen-bond acceptors (Lipinski definition) is 4. The SMILES string of the molecule is Cc1ccc(OCC(=O)NC(=S)Nc2cc(C(=O)O)ccc2Cl)c(C)c1. The summed E-state index contributed by atoms with van der Waals surface area (Å²) >= 11 is 11.1. The van der Waals surface area contributed by atoms with Crippen LogP contribution in [-0.4, -0.2) is 28.7 Å². The van der Waals surface area contributed by atoms with Crippen LogP contribution in [0.15, 0.2) is 36.4 Å². The summed E-state index contributed by atoms with van der Waals surface area (Å²) in [6, 6.07) is 9.78. The number of aromatic carboxylic acids is 1. The molecule has 0 aliphatic heterocycles. The second-order valence-electron chi connectivity index (χ2n) is 5.56. The minimum Gasteiger partial charge on any atom is -0.483 e. The number of halogens is 1. The first-order valence-electron chi connectivity index (χ1n) is 7.60. The van der Waals surface area contributed by atoms with Crippen LogP contribution in [0, 0.1) is 13.8 Å². The van der Waals surface area contributed by atoms with Crippen LogP contribution in [0.3, 0.4) is 0 Å². The lowest BCUT2D eigenvalue weighted by atomic mass is 10.1. The van der Waals surface area contributed by atoms with Gasteiger partial charge in [0.15, 0.2) is 11.7 Å². The number of carboxylic acid groups (broad SMARTS) is 1. The van der Waals surface area contributed by atoms with Crippen molar-refractivity contribution in [2.75, 3.05) is 11.9 Å². The molecule has 0 aliphatic carbocycles. The van der Waals surface area contributed by atoms with E-state index in [-0.39, 0.29) is 28.0 Å². The number of hydrogen-bond donors (Lipinski definition) is 3. The van der Waals surface area contributed by atoms with E-state index in [0.717, 1.165) is 11.1 Å². The molecule has 2 aromatic carbocycles. The predicted molar refractivity (Wildman–Crippen MR) is 104 cm³/mol. The summed E-state index contributed by atoms with van der Waals surface area (Å²) in [5, 5.41) is 14.4. The zero-order chi connectivity index (χ0) is 19.3. The molecule has 0 atom stereocenters. The van der Waals surface area contributed by atoms with Crippen molar-refractivity contribution < 1.29 is 19.4 Å². The zero-order valence-electron chi connectivity index (χ0n) is 14.1. The molecule has 0 heterocycles. The smallest absolute Gasteiger partial charge is 0.335 e. The Labute approximate surface area is 161 Å². The minimum absolute atomic E-state index is 0.0105. The molecule has 2 rings (SSSR count). The van der Waals surface area contributed by atoms with Gasteiger partial charge in [-0.1, -0.05) is 29.3 Å². The molecule has 8 heteroatoms. The normalized spacial score (nSPS) is 10.1. The van der Waals surface area contributed by atoms with Gasteiger partial charge in [0.05, 0.1) is 16.3 Å². The highest BCUT2D eigenvalue weighted by molar-refractivity contribution is 7.80. The van der Waals surface area contributed by atoms with Crippen molar-refractivity contribution >= 4 is 46.5 Å². The highest BCUT2D eigenvalue weighted by Gasteiger charge is 2.11. The Bertz CT molecular complexity index is 870. The topological polar surface area (TPSA) is 87.7 Å². The van der Waals surface area contributed by atoms with Gasteiger partial charge in [0, 0.05) is 0 Å². The van der Waals surface area contributed by atoms with Gasteiger partial charge in [0.1, 0.15) is 5.75 Å². The Morgan fingerprint density at radius 2 is 1.92 bits per heavy atom. The second-order valence-corrected chi connectivity index (χ2v) is 6.38. The monoisotopic (exact) mass is 392 g/mol. The molecule has 0 bridgehead atoms. The third kappa shape index (κ3) is 5.44. The fourth-order valence-corrected chi connectivity index (χ4v) is 2.56. The number of benzene rings is 2. The van der Waals surface area contributed by atoms with Gasteiger partial charge in [-0.15, -0.1) is 0 Å². The van der Waals surface area contributed by atoms with Gasteiger partial charge in [-0.05, 0) is 55.9 Å². The summed E-state index contributed by atoms with van der Waals surface area (Å²) < 4.78 is 5.48. The fourth-order valence-electron chi connectivity index (χ4n) is 2.17. The van der Waals surface area contributed by atoms with Gasteiger partial charge < -0.3 is 15.2 Å². The molecule has 0 unspecified atom stereocenters. The lowest BCUT2D eigenvalue weighted by Crippen LogP contribution is -2.37. The Balaban J connectivity index is 1.92. The van der Waals surface area contributed by atoms with E-state index >= 15 is 0 Å². The van der Waals surface area contributed by atoms with E-state index in [1.54, 1.807) is 6.07 Å². The van der Waals surface area contributed by atoms with Crippen molar-refractivity contribution in [1.82, 2.24) is 5.32 Å². The second kappa shape index (κ2) is 8.64. The average molecular weight is 393 g/mol. The molecule has 0 saturated carbocycles. The summed E-state index contributed by atoms with van der Waals surface area (Å²) in [6.45, 7) is 3.65. The van der Waals surface area contributed by atoms with Crippen molar-refractivity contribution in [2.24, 2.45) is 0 Å². The Morgan fingerprint density at radius 3 is 2.58 bits per heavy atom. The molecule has 6 nitrogen and oxygen atoms in total. The molecule has 0 saturated heterocycles. The van der Waals surface area contributed by atoms with Gasteiger partial charge in [-0.3, -0.25) is 10.1 Å². The molecule has 136 valence electrons. The molecule has 26 heavy (non-hydrogen) atoms. The van der Waals surface area contributed by atoms with Gasteiger partial charge in [-0.2, -0.15) is 0 Å². The first-order valence-corrected chi connectivity index (χ1v) is 8.38. The van der Waals surface area contributed by atoms with E-state index in [1.165, 1.54) is 18.2 Å². The molecule has 2 aromatic rings. The van der Waals surface area contributed by atoms with Crippen LogP contribution < -0.4 is 15.4 Å². The summed E-state index contributed by atoms with van der Waals surface area (Å²) in [5.41, 5.74) is 2.36. The van der Waals surface area contributed by atoms with E-state index in [0.29, 0.717) is 5.75 Å². The van der Waals surface area contributed by atoms with Crippen molar-refractivity contribution in [3.05, 3.63) is 58.1 Å². The Hall–Kier alpha value is -2.64. The first kappa shape index (κ1) is 19.7.